The Morgan fingerprint density at radius 1 is 1.30 bits per heavy atom. The topological polar surface area (TPSA) is 76.0 Å². The van der Waals surface area contributed by atoms with Gasteiger partial charge in [0.15, 0.2) is 0 Å². The van der Waals surface area contributed by atoms with E-state index in [9.17, 15) is 9.59 Å². The summed E-state index contributed by atoms with van der Waals surface area (Å²) in [6, 6.07) is 0. The smallest absolute Gasteiger partial charge is 0.262 e. The zero-order valence-corrected chi connectivity index (χ0v) is 14.8. The zero-order chi connectivity index (χ0) is 16.8. The van der Waals surface area contributed by atoms with Crippen molar-refractivity contribution in [3.05, 3.63) is 27.1 Å². The van der Waals surface area contributed by atoms with Crippen molar-refractivity contribution in [1.29, 1.82) is 0 Å². The van der Waals surface area contributed by atoms with Gasteiger partial charge in [0.1, 0.15) is 4.83 Å². The lowest BCUT2D eigenvalue weighted by atomic mass is 10.2. The van der Waals surface area contributed by atoms with Crippen molar-refractivity contribution in [1.82, 2.24) is 20.2 Å². The zero-order valence-electron chi connectivity index (χ0n) is 13.9. The van der Waals surface area contributed by atoms with Crippen molar-refractivity contribution in [3.8, 4) is 0 Å². The third-order valence-corrected chi connectivity index (χ3v) is 4.90. The van der Waals surface area contributed by atoms with Crippen molar-refractivity contribution in [2.45, 2.75) is 40.2 Å². The summed E-state index contributed by atoms with van der Waals surface area (Å²) < 4.78 is 1.52. The first kappa shape index (κ1) is 17.6. The van der Waals surface area contributed by atoms with E-state index in [0.717, 1.165) is 34.8 Å². The molecule has 7 heteroatoms. The third-order valence-electron chi connectivity index (χ3n) is 3.79. The predicted octanol–water partition coefficient (Wildman–Crippen LogP) is 1.58. The van der Waals surface area contributed by atoms with Crippen LogP contribution in [0, 0.1) is 13.8 Å². The van der Waals surface area contributed by atoms with E-state index in [2.05, 4.69) is 22.5 Å². The van der Waals surface area contributed by atoms with E-state index in [1.807, 2.05) is 13.8 Å². The van der Waals surface area contributed by atoms with Crippen LogP contribution >= 0.6 is 11.3 Å². The van der Waals surface area contributed by atoms with Crippen molar-refractivity contribution < 1.29 is 4.79 Å². The van der Waals surface area contributed by atoms with Crippen LogP contribution in [0.25, 0.3) is 10.2 Å². The summed E-state index contributed by atoms with van der Waals surface area (Å²) in [5.74, 6) is -0.0477. The summed E-state index contributed by atoms with van der Waals surface area (Å²) in [6.07, 6.45) is 2.90. The molecule has 2 heterocycles. The molecule has 0 saturated heterocycles. The molecule has 2 aromatic rings. The average Bonchev–Trinajstić information content (AvgIpc) is 2.82. The molecule has 23 heavy (non-hydrogen) atoms. The second kappa shape index (κ2) is 8.21. The maximum Gasteiger partial charge on any atom is 0.262 e. The van der Waals surface area contributed by atoms with E-state index >= 15 is 0 Å². The largest absolute Gasteiger partial charge is 0.355 e. The van der Waals surface area contributed by atoms with Gasteiger partial charge in [-0.05, 0) is 32.4 Å². The Morgan fingerprint density at radius 2 is 2.09 bits per heavy atom. The van der Waals surface area contributed by atoms with Crippen molar-refractivity contribution >= 4 is 27.5 Å². The number of thiophene rings is 1. The van der Waals surface area contributed by atoms with Gasteiger partial charge in [0, 0.05) is 30.9 Å². The molecular formula is C16H24N4O2S. The Kier molecular flexibility index (Phi) is 6.29. The second-order valence-corrected chi connectivity index (χ2v) is 6.76. The van der Waals surface area contributed by atoms with E-state index in [1.165, 1.54) is 22.2 Å². The predicted molar refractivity (Wildman–Crippen MR) is 94.1 cm³/mol. The Bertz CT molecular complexity index is 735. The molecule has 0 aliphatic heterocycles. The fourth-order valence-corrected chi connectivity index (χ4v) is 3.32. The van der Waals surface area contributed by atoms with Gasteiger partial charge in [-0.15, -0.1) is 11.3 Å². The molecule has 0 saturated carbocycles. The molecule has 2 rings (SSSR count). The van der Waals surface area contributed by atoms with Gasteiger partial charge in [0.05, 0.1) is 11.7 Å². The number of nitrogens with zero attached hydrogens (tertiary/aromatic N) is 2. The molecule has 126 valence electrons. The van der Waals surface area contributed by atoms with Gasteiger partial charge in [-0.2, -0.15) is 0 Å². The number of rotatable bonds is 8. The summed E-state index contributed by atoms with van der Waals surface area (Å²) in [4.78, 5) is 30.5. The first-order valence-electron chi connectivity index (χ1n) is 7.97. The van der Waals surface area contributed by atoms with Crippen molar-refractivity contribution in [3.63, 3.8) is 0 Å². The Morgan fingerprint density at radius 3 is 2.83 bits per heavy atom. The molecule has 0 aromatic carbocycles. The summed E-state index contributed by atoms with van der Waals surface area (Å²) in [7, 11) is 0. The Balaban J connectivity index is 1.92. The fourth-order valence-electron chi connectivity index (χ4n) is 2.33. The molecular weight excluding hydrogens is 312 g/mol. The molecule has 2 aromatic heterocycles. The highest BCUT2D eigenvalue weighted by Gasteiger charge is 2.12. The number of carbonyl (C=O) groups excluding carboxylic acids is 1. The molecule has 0 aliphatic carbocycles. The van der Waals surface area contributed by atoms with Gasteiger partial charge < -0.3 is 10.6 Å². The minimum atomic E-state index is -0.0609. The summed E-state index contributed by atoms with van der Waals surface area (Å²) in [6.45, 7) is 8.71. The monoisotopic (exact) mass is 336 g/mol. The molecule has 2 N–H and O–H groups in total. The Labute approximate surface area is 139 Å². The number of aryl methyl sites for hydroxylation is 3. The van der Waals surface area contributed by atoms with Crippen molar-refractivity contribution in [2.24, 2.45) is 0 Å². The SMILES string of the molecule is CCCNCCNC(=O)CCn1cnc2sc(C)c(C)c2c1=O. The van der Waals surface area contributed by atoms with Crippen LogP contribution in [0.4, 0.5) is 0 Å². The first-order chi connectivity index (χ1) is 11.0. The van der Waals surface area contributed by atoms with Gasteiger partial charge in [0.2, 0.25) is 5.91 Å². The van der Waals surface area contributed by atoms with Crippen LogP contribution in [0.2, 0.25) is 0 Å². The fraction of sp³-hybridized carbons (Fsp3) is 0.562. The van der Waals surface area contributed by atoms with Crippen molar-refractivity contribution in [2.75, 3.05) is 19.6 Å². The Hall–Kier alpha value is -1.73. The number of nitrogens with one attached hydrogen (secondary N) is 2. The first-order valence-corrected chi connectivity index (χ1v) is 8.78. The van der Waals surface area contributed by atoms with Crippen LogP contribution in [0.1, 0.15) is 30.2 Å². The van der Waals surface area contributed by atoms with Crippen LogP contribution in [0.5, 0.6) is 0 Å². The quantitative estimate of drug-likeness (QED) is 0.718. The van der Waals surface area contributed by atoms with Crippen LogP contribution in [0.15, 0.2) is 11.1 Å². The lowest BCUT2D eigenvalue weighted by Gasteiger charge is -2.07. The summed E-state index contributed by atoms with van der Waals surface area (Å²) >= 11 is 1.53. The number of fused-ring (bicyclic) bond motifs is 1. The molecule has 0 atom stereocenters. The van der Waals surface area contributed by atoms with E-state index in [0.29, 0.717) is 18.5 Å². The molecule has 1 amide bonds. The van der Waals surface area contributed by atoms with E-state index in [1.54, 1.807) is 0 Å². The molecule has 6 nitrogen and oxygen atoms in total. The minimum Gasteiger partial charge on any atom is -0.355 e. The highest BCUT2D eigenvalue weighted by Crippen LogP contribution is 2.25. The molecule has 0 aliphatic rings. The molecule has 0 bridgehead atoms. The molecule has 0 fully saturated rings. The maximum absolute atomic E-state index is 12.5. The van der Waals surface area contributed by atoms with Gasteiger partial charge in [0.25, 0.3) is 5.56 Å². The second-order valence-electron chi connectivity index (χ2n) is 5.56. The minimum absolute atomic E-state index is 0.0477. The van der Waals surface area contributed by atoms with Gasteiger partial charge in [-0.25, -0.2) is 4.98 Å². The number of hydrogen-bond acceptors (Lipinski definition) is 5. The summed E-state index contributed by atoms with van der Waals surface area (Å²) in [5, 5.41) is 6.75. The van der Waals surface area contributed by atoms with Gasteiger partial charge in [-0.1, -0.05) is 6.92 Å². The third kappa shape index (κ3) is 4.39. The molecule has 0 unspecified atom stereocenters. The molecule has 0 spiro atoms. The van der Waals surface area contributed by atoms with Crippen LogP contribution in [-0.4, -0.2) is 35.1 Å². The number of carbonyl (C=O) groups is 1. The van der Waals surface area contributed by atoms with Gasteiger partial charge in [-0.3, -0.25) is 14.2 Å². The van der Waals surface area contributed by atoms with Crippen LogP contribution in [-0.2, 0) is 11.3 Å². The highest BCUT2D eigenvalue weighted by atomic mass is 32.1. The lowest BCUT2D eigenvalue weighted by Crippen LogP contribution is -2.33. The highest BCUT2D eigenvalue weighted by molar-refractivity contribution is 7.18. The average molecular weight is 336 g/mol. The summed E-state index contributed by atoms with van der Waals surface area (Å²) in [5.41, 5.74) is 0.928. The number of amides is 1. The lowest BCUT2D eigenvalue weighted by molar-refractivity contribution is -0.121. The normalized spacial score (nSPS) is 11.1. The van der Waals surface area contributed by atoms with Crippen LogP contribution < -0.4 is 16.2 Å². The standard InChI is InChI=1S/C16H24N4O2S/c1-4-6-17-7-8-18-13(21)5-9-20-10-19-15-14(16(20)22)11(2)12(3)23-15/h10,17H,4-9H2,1-3H3,(H,18,21). The number of hydrogen-bond donors (Lipinski definition) is 2. The van der Waals surface area contributed by atoms with E-state index in [-0.39, 0.29) is 17.9 Å². The van der Waals surface area contributed by atoms with Crippen LogP contribution in [0.3, 0.4) is 0 Å². The number of aromatic nitrogens is 2. The maximum atomic E-state index is 12.5. The van der Waals surface area contributed by atoms with Gasteiger partial charge >= 0.3 is 0 Å². The van der Waals surface area contributed by atoms with E-state index < -0.39 is 0 Å². The molecule has 0 radical (unpaired) electrons. The van der Waals surface area contributed by atoms with E-state index in [4.69, 9.17) is 0 Å².